The molecule has 33 heavy (non-hydrogen) atoms. The number of nitrogens with zero attached hydrogens (tertiary/aromatic N) is 2. The maximum atomic E-state index is 13.2. The van der Waals surface area contributed by atoms with Crippen LogP contribution in [-0.4, -0.2) is 47.9 Å². The number of hydrogen-bond acceptors (Lipinski definition) is 4. The van der Waals surface area contributed by atoms with Crippen molar-refractivity contribution in [3.63, 3.8) is 0 Å². The van der Waals surface area contributed by atoms with E-state index in [4.69, 9.17) is 5.26 Å². The van der Waals surface area contributed by atoms with Crippen molar-refractivity contribution >= 4 is 23.5 Å². The van der Waals surface area contributed by atoms with Crippen LogP contribution in [0.4, 0.5) is 14.9 Å². The second-order valence-electron chi connectivity index (χ2n) is 7.97. The topological polar surface area (TPSA) is 114 Å². The van der Waals surface area contributed by atoms with Crippen LogP contribution in [0.3, 0.4) is 0 Å². The summed E-state index contributed by atoms with van der Waals surface area (Å²) < 4.78 is 13.2. The molecule has 0 radical (unpaired) electrons. The van der Waals surface area contributed by atoms with E-state index in [1.54, 1.807) is 41.3 Å². The number of nitriles is 1. The highest BCUT2D eigenvalue weighted by Gasteiger charge is 2.27. The first-order valence-electron chi connectivity index (χ1n) is 10.7. The molecule has 172 valence electrons. The molecule has 0 spiro atoms. The van der Waals surface area contributed by atoms with Gasteiger partial charge in [-0.3, -0.25) is 9.59 Å². The minimum Gasteiger partial charge on any atom is -0.351 e. The summed E-state index contributed by atoms with van der Waals surface area (Å²) in [6.07, 6.45) is 1.41. The van der Waals surface area contributed by atoms with Crippen molar-refractivity contribution in [3.05, 3.63) is 65.5 Å². The lowest BCUT2D eigenvalue weighted by molar-refractivity contribution is -0.128. The molecule has 1 aliphatic rings. The third-order valence-electron chi connectivity index (χ3n) is 5.44. The lowest BCUT2D eigenvalue weighted by atomic mass is 10.0. The number of hydrogen-bond donors (Lipinski definition) is 3. The minimum absolute atomic E-state index is 0.124. The lowest BCUT2D eigenvalue weighted by Crippen LogP contribution is -2.53. The van der Waals surface area contributed by atoms with Gasteiger partial charge in [-0.1, -0.05) is 12.1 Å². The molecule has 0 saturated carbocycles. The average molecular weight is 452 g/mol. The van der Waals surface area contributed by atoms with Gasteiger partial charge in [-0.15, -0.1) is 0 Å². The number of amides is 4. The SMILES string of the molecule is CC(=O)N[C@H](Cc1ccc(F)cc1)C(=O)NC1CCN(C(=O)Nc2ccc(C#N)cc2)CC1. The summed E-state index contributed by atoms with van der Waals surface area (Å²) in [5.74, 6) is -1.00. The van der Waals surface area contributed by atoms with E-state index in [2.05, 4.69) is 16.0 Å². The van der Waals surface area contributed by atoms with Crippen molar-refractivity contribution in [2.45, 2.75) is 38.3 Å². The fraction of sp³-hybridized carbons (Fsp3) is 0.333. The predicted octanol–water partition coefficient (Wildman–Crippen LogP) is 2.56. The number of carbonyl (C=O) groups is 3. The Hall–Kier alpha value is -3.93. The van der Waals surface area contributed by atoms with Crippen LogP contribution in [0.25, 0.3) is 0 Å². The van der Waals surface area contributed by atoms with Crippen LogP contribution in [0.15, 0.2) is 48.5 Å². The lowest BCUT2D eigenvalue weighted by Gasteiger charge is -2.33. The minimum atomic E-state index is -0.773. The number of halogens is 1. The maximum absolute atomic E-state index is 13.2. The van der Waals surface area contributed by atoms with E-state index in [1.807, 2.05) is 6.07 Å². The molecule has 1 aliphatic heterocycles. The molecular formula is C24H26FN5O3. The molecule has 0 aliphatic carbocycles. The standard InChI is InChI=1S/C24H26FN5O3/c1-16(31)27-22(14-17-2-6-19(25)7-3-17)23(32)28-21-10-12-30(13-11-21)24(33)29-20-8-4-18(15-26)5-9-20/h2-9,21-22H,10-14H2,1H3,(H,27,31)(H,28,32)(H,29,33)/t22-/m1/s1. The molecule has 4 amide bonds. The second-order valence-corrected chi connectivity index (χ2v) is 7.97. The summed E-state index contributed by atoms with van der Waals surface area (Å²) in [6, 6.07) is 13.3. The quantitative estimate of drug-likeness (QED) is 0.626. The molecule has 9 heteroatoms. The van der Waals surface area contributed by atoms with Gasteiger partial charge in [0.1, 0.15) is 11.9 Å². The van der Waals surface area contributed by atoms with Gasteiger partial charge >= 0.3 is 6.03 Å². The monoisotopic (exact) mass is 451 g/mol. The van der Waals surface area contributed by atoms with E-state index < -0.39 is 6.04 Å². The molecule has 1 atom stereocenters. The zero-order valence-corrected chi connectivity index (χ0v) is 18.3. The summed E-state index contributed by atoms with van der Waals surface area (Å²) in [4.78, 5) is 38.6. The normalized spacial score (nSPS) is 14.6. The Balaban J connectivity index is 1.50. The van der Waals surface area contributed by atoms with Crippen LogP contribution in [0.2, 0.25) is 0 Å². The van der Waals surface area contributed by atoms with Crippen molar-refractivity contribution in [1.82, 2.24) is 15.5 Å². The molecule has 1 saturated heterocycles. The predicted molar refractivity (Wildman–Crippen MR) is 121 cm³/mol. The fourth-order valence-corrected chi connectivity index (χ4v) is 3.67. The zero-order valence-electron chi connectivity index (χ0n) is 18.3. The van der Waals surface area contributed by atoms with Gasteiger partial charge in [0.25, 0.3) is 0 Å². The summed E-state index contributed by atoms with van der Waals surface area (Å²) in [7, 11) is 0. The Morgan fingerprint density at radius 3 is 2.30 bits per heavy atom. The summed E-state index contributed by atoms with van der Waals surface area (Å²) >= 11 is 0. The van der Waals surface area contributed by atoms with Crippen molar-refractivity contribution < 1.29 is 18.8 Å². The van der Waals surface area contributed by atoms with Gasteiger partial charge in [0.15, 0.2) is 0 Å². The van der Waals surface area contributed by atoms with Crippen LogP contribution in [0, 0.1) is 17.1 Å². The van der Waals surface area contributed by atoms with E-state index in [1.165, 1.54) is 19.1 Å². The molecule has 0 bridgehead atoms. The molecule has 3 N–H and O–H groups in total. The molecular weight excluding hydrogens is 425 g/mol. The van der Waals surface area contributed by atoms with Crippen LogP contribution < -0.4 is 16.0 Å². The molecule has 8 nitrogen and oxygen atoms in total. The van der Waals surface area contributed by atoms with Gasteiger partial charge in [0.05, 0.1) is 11.6 Å². The number of likely N-dealkylation sites (tertiary alicyclic amines) is 1. The number of piperidine rings is 1. The number of carbonyl (C=O) groups excluding carboxylic acids is 3. The molecule has 0 unspecified atom stereocenters. The maximum Gasteiger partial charge on any atom is 0.321 e. The Morgan fingerprint density at radius 2 is 1.73 bits per heavy atom. The second kappa shape index (κ2) is 11.1. The van der Waals surface area contributed by atoms with Crippen molar-refractivity contribution in [3.8, 4) is 6.07 Å². The number of urea groups is 1. The number of benzene rings is 2. The van der Waals surface area contributed by atoms with E-state index >= 15 is 0 Å². The van der Waals surface area contributed by atoms with E-state index in [0.29, 0.717) is 37.2 Å². The van der Waals surface area contributed by atoms with E-state index in [-0.39, 0.29) is 36.1 Å². The summed E-state index contributed by atoms with van der Waals surface area (Å²) in [6.45, 7) is 2.28. The summed E-state index contributed by atoms with van der Waals surface area (Å²) in [5.41, 5.74) is 1.86. The first-order chi connectivity index (χ1) is 15.8. The largest absolute Gasteiger partial charge is 0.351 e. The van der Waals surface area contributed by atoms with Crippen molar-refractivity contribution in [2.75, 3.05) is 18.4 Å². The average Bonchev–Trinajstić information content (AvgIpc) is 2.80. The van der Waals surface area contributed by atoms with E-state index in [9.17, 15) is 18.8 Å². The molecule has 2 aromatic carbocycles. The van der Waals surface area contributed by atoms with Crippen LogP contribution in [0.5, 0.6) is 0 Å². The first kappa shape index (κ1) is 23.7. The van der Waals surface area contributed by atoms with Gasteiger partial charge in [-0.25, -0.2) is 9.18 Å². The molecule has 1 heterocycles. The van der Waals surface area contributed by atoms with Crippen LogP contribution >= 0.6 is 0 Å². The Bertz CT molecular complexity index is 1030. The summed E-state index contributed by atoms with van der Waals surface area (Å²) in [5, 5.41) is 17.3. The van der Waals surface area contributed by atoms with Gasteiger partial charge < -0.3 is 20.9 Å². The third-order valence-corrected chi connectivity index (χ3v) is 5.44. The van der Waals surface area contributed by atoms with Crippen LogP contribution in [-0.2, 0) is 16.0 Å². The smallest absolute Gasteiger partial charge is 0.321 e. The number of anilines is 1. The molecule has 2 aromatic rings. The van der Waals surface area contributed by atoms with Crippen molar-refractivity contribution in [1.29, 1.82) is 5.26 Å². The van der Waals surface area contributed by atoms with Crippen molar-refractivity contribution in [2.24, 2.45) is 0 Å². The molecule has 0 aromatic heterocycles. The van der Waals surface area contributed by atoms with Gasteiger partial charge in [0, 0.05) is 38.2 Å². The fourth-order valence-electron chi connectivity index (χ4n) is 3.67. The number of rotatable bonds is 6. The van der Waals surface area contributed by atoms with Gasteiger partial charge in [-0.05, 0) is 54.8 Å². The highest BCUT2D eigenvalue weighted by Crippen LogP contribution is 2.15. The Labute approximate surface area is 191 Å². The first-order valence-corrected chi connectivity index (χ1v) is 10.7. The Morgan fingerprint density at radius 1 is 1.09 bits per heavy atom. The van der Waals surface area contributed by atoms with Crippen LogP contribution in [0.1, 0.15) is 30.9 Å². The highest BCUT2D eigenvalue weighted by atomic mass is 19.1. The zero-order chi connectivity index (χ0) is 23.8. The Kier molecular flexibility index (Phi) is 7.97. The number of nitrogens with one attached hydrogen (secondary N) is 3. The third kappa shape index (κ3) is 7.04. The highest BCUT2D eigenvalue weighted by molar-refractivity contribution is 5.89. The molecule has 1 fully saturated rings. The van der Waals surface area contributed by atoms with E-state index in [0.717, 1.165) is 5.56 Å². The molecule has 3 rings (SSSR count). The van der Waals surface area contributed by atoms with Gasteiger partial charge in [-0.2, -0.15) is 5.26 Å². The van der Waals surface area contributed by atoms with Gasteiger partial charge in [0.2, 0.25) is 11.8 Å².